The number of rotatable bonds is 1. The molecule has 6 nitrogen and oxygen atoms in total. The second-order valence-corrected chi connectivity index (χ2v) is 7.30. The zero-order valence-corrected chi connectivity index (χ0v) is 11.6. The highest BCUT2D eigenvalue weighted by molar-refractivity contribution is 7.92. The van der Waals surface area contributed by atoms with Gasteiger partial charge in [0.05, 0.1) is 15.5 Å². The fourth-order valence-electron chi connectivity index (χ4n) is 2.04. The minimum absolute atomic E-state index is 0.0571. The van der Waals surface area contributed by atoms with Crippen LogP contribution in [0, 0.1) is 0 Å². The number of hydrogen-bond donors (Lipinski definition) is 2. The second kappa shape index (κ2) is 4.21. The molecule has 8 heteroatoms. The van der Waals surface area contributed by atoms with E-state index in [1.165, 1.54) is 18.2 Å². The molecule has 1 aromatic rings. The largest absolute Gasteiger partial charge is 0.370 e. The molecule has 0 saturated carbocycles. The van der Waals surface area contributed by atoms with Crippen molar-refractivity contribution in [2.24, 2.45) is 16.5 Å². The summed E-state index contributed by atoms with van der Waals surface area (Å²) in [6, 6.07) is 4.23. The van der Waals surface area contributed by atoms with Crippen LogP contribution in [0.3, 0.4) is 0 Å². The third-order valence-corrected chi connectivity index (χ3v) is 5.28. The molecule has 19 heavy (non-hydrogen) atoms. The zero-order chi connectivity index (χ0) is 14.4. The molecule has 1 heterocycles. The van der Waals surface area contributed by atoms with Gasteiger partial charge in [-0.1, -0.05) is 6.07 Å². The highest BCUT2D eigenvalue weighted by Gasteiger charge is 2.42. The van der Waals surface area contributed by atoms with Gasteiger partial charge in [0, 0.05) is 5.56 Å². The number of guanidine groups is 1. The number of nitrogens with two attached hydrogens (primary N) is 2. The van der Waals surface area contributed by atoms with Crippen LogP contribution in [0.1, 0.15) is 22.8 Å². The van der Waals surface area contributed by atoms with E-state index in [0.717, 1.165) is 0 Å². The van der Waals surface area contributed by atoms with Crippen LogP contribution in [0.2, 0.25) is 0 Å². The van der Waals surface area contributed by atoms with E-state index in [-0.39, 0.29) is 22.2 Å². The van der Waals surface area contributed by atoms with E-state index in [9.17, 15) is 13.2 Å². The number of fused-ring (bicyclic) bond motifs is 1. The Kier molecular flexibility index (Phi) is 3.06. The summed E-state index contributed by atoms with van der Waals surface area (Å²) in [6.07, 6.45) is 0. The predicted molar refractivity (Wildman–Crippen MR) is 71.8 cm³/mol. The molecule has 0 spiro atoms. The smallest absolute Gasteiger partial charge is 0.280 e. The van der Waals surface area contributed by atoms with Crippen LogP contribution >= 0.6 is 11.6 Å². The van der Waals surface area contributed by atoms with Crippen molar-refractivity contribution >= 4 is 33.3 Å². The Morgan fingerprint density at radius 1 is 1.42 bits per heavy atom. The zero-order valence-electron chi connectivity index (χ0n) is 10.1. The monoisotopic (exact) mass is 301 g/mol. The lowest BCUT2D eigenvalue weighted by molar-refractivity contribution is 0.100. The first-order valence-corrected chi connectivity index (χ1v) is 7.37. The molecule has 0 aromatic heterocycles. The molecule has 102 valence electrons. The van der Waals surface area contributed by atoms with Gasteiger partial charge >= 0.3 is 0 Å². The van der Waals surface area contributed by atoms with Crippen molar-refractivity contribution in [3.8, 4) is 0 Å². The van der Waals surface area contributed by atoms with E-state index in [1.54, 1.807) is 6.92 Å². The molecule has 0 fully saturated rings. The number of amides is 1. The van der Waals surface area contributed by atoms with Crippen LogP contribution in [-0.2, 0) is 14.7 Å². The highest BCUT2D eigenvalue weighted by Crippen LogP contribution is 2.42. The Hall–Kier alpha value is -1.60. The third-order valence-electron chi connectivity index (χ3n) is 2.82. The van der Waals surface area contributed by atoms with Crippen molar-refractivity contribution in [1.82, 2.24) is 0 Å². The normalized spacial score (nSPS) is 23.7. The minimum Gasteiger partial charge on any atom is -0.370 e. The molecule has 1 unspecified atom stereocenters. The molecule has 2 rings (SSSR count). The molecule has 0 aliphatic carbocycles. The Morgan fingerprint density at radius 3 is 2.63 bits per heavy atom. The number of carbonyl (C=O) groups is 1. The van der Waals surface area contributed by atoms with Crippen molar-refractivity contribution in [3.63, 3.8) is 0 Å². The van der Waals surface area contributed by atoms with Gasteiger partial charge in [-0.15, -0.1) is 11.6 Å². The first-order chi connectivity index (χ1) is 8.63. The summed E-state index contributed by atoms with van der Waals surface area (Å²) < 4.78 is 24.0. The average molecular weight is 302 g/mol. The molecule has 0 saturated heterocycles. The van der Waals surface area contributed by atoms with Gasteiger partial charge in [-0.2, -0.15) is 4.99 Å². The molecule has 1 aliphatic heterocycles. The van der Waals surface area contributed by atoms with E-state index in [0.29, 0.717) is 5.56 Å². The van der Waals surface area contributed by atoms with Gasteiger partial charge in [-0.25, -0.2) is 8.42 Å². The SMILES string of the molecule is CC1(Cl)CS(=O)(=O)c2cc(C(=O)N=C(N)N)ccc21. The summed E-state index contributed by atoms with van der Waals surface area (Å²) in [6.45, 7) is 1.62. The van der Waals surface area contributed by atoms with Crippen LogP contribution in [0.5, 0.6) is 0 Å². The number of hydrogen-bond acceptors (Lipinski definition) is 3. The third kappa shape index (κ3) is 2.43. The molecule has 4 N–H and O–H groups in total. The van der Waals surface area contributed by atoms with Crippen LogP contribution in [0.15, 0.2) is 28.1 Å². The summed E-state index contributed by atoms with van der Waals surface area (Å²) >= 11 is 6.17. The lowest BCUT2D eigenvalue weighted by atomic mass is 10.0. The van der Waals surface area contributed by atoms with Gasteiger partial charge in [0.15, 0.2) is 15.8 Å². The van der Waals surface area contributed by atoms with Gasteiger partial charge in [-0.3, -0.25) is 4.79 Å². The molecular weight excluding hydrogens is 290 g/mol. The maximum Gasteiger partial charge on any atom is 0.280 e. The van der Waals surface area contributed by atoms with Crippen LogP contribution in [0.4, 0.5) is 0 Å². The number of alkyl halides is 1. The van der Waals surface area contributed by atoms with E-state index < -0.39 is 20.6 Å². The number of halogens is 1. The Labute approximate surface area is 115 Å². The summed E-state index contributed by atoms with van der Waals surface area (Å²) in [5.74, 6) is -1.27. The van der Waals surface area contributed by atoms with Crippen molar-refractivity contribution in [2.75, 3.05) is 5.75 Å². The topological polar surface area (TPSA) is 116 Å². The van der Waals surface area contributed by atoms with Crippen molar-refractivity contribution in [3.05, 3.63) is 29.3 Å². The van der Waals surface area contributed by atoms with Crippen molar-refractivity contribution in [2.45, 2.75) is 16.7 Å². The van der Waals surface area contributed by atoms with E-state index in [2.05, 4.69) is 4.99 Å². The second-order valence-electron chi connectivity index (χ2n) is 4.51. The van der Waals surface area contributed by atoms with Gasteiger partial charge in [0.2, 0.25) is 0 Å². The van der Waals surface area contributed by atoms with Crippen molar-refractivity contribution < 1.29 is 13.2 Å². The van der Waals surface area contributed by atoms with Crippen LogP contribution < -0.4 is 11.5 Å². The fraction of sp³-hybridized carbons (Fsp3) is 0.273. The van der Waals surface area contributed by atoms with E-state index >= 15 is 0 Å². The number of nitrogens with zero attached hydrogens (tertiary/aromatic N) is 1. The summed E-state index contributed by atoms with van der Waals surface area (Å²) in [4.78, 5) is 14.1. The predicted octanol–water partition coefficient (Wildman–Crippen LogP) is 0.342. The van der Waals surface area contributed by atoms with Gasteiger partial charge in [0.1, 0.15) is 0 Å². The molecule has 1 aromatic carbocycles. The molecular formula is C11H12ClN3O3S. The first-order valence-electron chi connectivity index (χ1n) is 5.34. The van der Waals surface area contributed by atoms with Gasteiger partial charge in [-0.05, 0) is 24.6 Å². The van der Waals surface area contributed by atoms with E-state index in [4.69, 9.17) is 23.1 Å². The summed E-state index contributed by atoms with van der Waals surface area (Å²) in [5, 5.41) is 0. The number of benzene rings is 1. The fourth-order valence-corrected chi connectivity index (χ4v) is 4.65. The Bertz CT molecular complexity index is 691. The van der Waals surface area contributed by atoms with Gasteiger partial charge in [0.25, 0.3) is 5.91 Å². The first kappa shape index (κ1) is 13.8. The maximum atomic E-state index is 12.0. The summed E-state index contributed by atoms with van der Waals surface area (Å²) in [7, 11) is -3.49. The number of sulfone groups is 1. The lowest BCUT2D eigenvalue weighted by Gasteiger charge is -2.13. The number of carbonyl (C=O) groups excluding carboxylic acids is 1. The van der Waals surface area contributed by atoms with E-state index in [1.807, 2.05) is 0 Å². The highest BCUT2D eigenvalue weighted by atomic mass is 35.5. The van der Waals surface area contributed by atoms with Crippen molar-refractivity contribution in [1.29, 1.82) is 0 Å². The van der Waals surface area contributed by atoms with Gasteiger partial charge < -0.3 is 11.5 Å². The lowest BCUT2D eigenvalue weighted by Crippen LogP contribution is -2.24. The maximum absolute atomic E-state index is 12.0. The summed E-state index contributed by atoms with van der Waals surface area (Å²) in [5.41, 5.74) is 10.8. The Balaban J connectivity index is 2.58. The quantitative estimate of drug-likeness (QED) is 0.441. The molecule has 1 amide bonds. The standard InChI is InChI=1S/C11H12ClN3O3S/c1-11(12)5-19(17,18)8-4-6(2-3-7(8)11)9(16)15-10(13)14/h2-4H,5H2,1H3,(H4,13,14,15,16). The molecule has 0 radical (unpaired) electrons. The molecule has 1 atom stereocenters. The minimum atomic E-state index is -3.49. The average Bonchev–Trinajstić information content (AvgIpc) is 2.43. The van der Waals surface area contributed by atoms with Crippen LogP contribution in [-0.4, -0.2) is 26.0 Å². The van der Waals surface area contributed by atoms with Crippen LogP contribution in [0.25, 0.3) is 0 Å². The molecule has 1 aliphatic rings. The molecule has 0 bridgehead atoms. The Morgan fingerprint density at radius 2 is 2.05 bits per heavy atom. The number of aliphatic imine (C=N–C) groups is 1.